The molecule has 1 N–H and O–H groups in total. The molecule has 1 aromatic carbocycles. The molecule has 8 heteroatoms. The summed E-state index contributed by atoms with van der Waals surface area (Å²) in [4.78, 5) is 42.2. The van der Waals surface area contributed by atoms with Crippen molar-refractivity contribution in [1.82, 2.24) is 14.8 Å². The van der Waals surface area contributed by atoms with Gasteiger partial charge in [-0.25, -0.2) is 9.69 Å². The number of benzene rings is 1. The van der Waals surface area contributed by atoms with Gasteiger partial charge >= 0.3 is 6.03 Å². The molecule has 2 unspecified atom stereocenters. The highest BCUT2D eigenvalue weighted by Gasteiger charge is 2.48. The molecule has 0 saturated carbocycles. The molecule has 146 valence electrons. The van der Waals surface area contributed by atoms with E-state index in [0.717, 1.165) is 4.90 Å². The summed E-state index contributed by atoms with van der Waals surface area (Å²) in [6.45, 7) is 0.450. The molecular formula is C20H22N4O3S. The van der Waals surface area contributed by atoms with Crippen LogP contribution < -0.4 is 10.2 Å². The first-order valence-corrected chi connectivity index (χ1v) is 10.4. The molecule has 0 spiro atoms. The van der Waals surface area contributed by atoms with Crippen molar-refractivity contribution in [1.29, 1.82) is 0 Å². The number of thioether (sulfide) groups is 1. The van der Waals surface area contributed by atoms with E-state index in [4.69, 9.17) is 0 Å². The predicted octanol–water partition coefficient (Wildman–Crippen LogP) is 2.48. The number of aryl methyl sites for hydroxylation is 1. The maximum Gasteiger partial charge on any atom is 0.332 e. The molecule has 4 amide bonds. The smallest absolute Gasteiger partial charge is 0.332 e. The fourth-order valence-electron chi connectivity index (χ4n) is 3.87. The standard InChI is InChI=1S/C20H22N4O3S/c1-22-9-4-7-16(22)18(25)21-13-8-10-23-17(11-13)19(26)24(20(23)27)14-5-3-6-15(12-14)28-2/h3-7,9,12-13,17H,8,10-11H2,1-2H3,(H,21,25). The molecule has 4 rings (SSSR count). The molecule has 2 aliphatic rings. The van der Waals surface area contributed by atoms with Crippen molar-refractivity contribution in [2.45, 2.75) is 29.8 Å². The van der Waals surface area contributed by atoms with Gasteiger partial charge in [0.05, 0.1) is 5.69 Å². The second-order valence-corrected chi connectivity index (χ2v) is 7.95. The summed E-state index contributed by atoms with van der Waals surface area (Å²) in [5, 5.41) is 3.01. The molecule has 0 aliphatic carbocycles. The van der Waals surface area contributed by atoms with E-state index < -0.39 is 6.04 Å². The number of amides is 4. The Morgan fingerprint density at radius 3 is 2.75 bits per heavy atom. The average molecular weight is 398 g/mol. The Balaban J connectivity index is 1.50. The van der Waals surface area contributed by atoms with Crippen molar-refractivity contribution in [2.75, 3.05) is 17.7 Å². The zero-order valence-electron chi connectivity index (χ0n) is 15.8. The van der Waals surface area contributed by atoms with Gasteiger partial charge in [0.15, 0.2) is 0 Å². The Morgan fingerprint density at radius 2 is 2.04 bits per heavy atom. The van der Waals surface area contributed by atoms with Gasteiger partial charge in [-0.3, -0.25) is 9.59 Å². The van der Waals surface area contributed by atoms with E-state index in [9.17, 15) is 14.4 Å². The van der Waals surface area contributed by atoms with Crippen LogP contribution >= 0.6 is 11.8 Å². The maximum atomic E-state index is 13.0. The van der Waals surface area contributed by atoms with E-state index >= 15 is 0 Å². The number of urea groups is 1. The van der Waals surface area contributed by atoms with Gasteiger partial charge in [-0.1, -0.05) is 6.07 Å². The van der Waals surface area contributed by atoms with Crippen LogP contribution in [0.3, 0.4) is 0 Å². The zero-order valence-corrected chi connectivity index (χ0v) is 16.6. The van der Waals surface area contributed by atoms with Crippen LogP contribution in [0.4, 0.5) is 10.5 Å². The molecule has 0 radical (unpaired) electrons. The van der Waals surface area contributed by atoms with Crippen LogP contribution in [-0.2, 0) is 11.8 Å². The second kappa shape index (κ2) is 7.35. The first-order chi connectivity index (χ1) is 13.5. The molecule has 2 aromatic rings. The summed E-state index contributed by atoms with van der Waals surface area (Å²) >= 11 is 1.56. The quantitative estimate of drug-likeness (QED) is 0.634. The zero-order chi connectivity index (χ0) is 19.8. The Kier molecular flexibility index (Phi) is 4.89. The summed E-state index contributed by atoms with van der Waals surface area (Å²) in [6, 6.07) is 10.1. The highest BCUT2D eigenvalue weighted by Crippen LogP contribution is 2.32. The lowest BCUT2D eigenvalue weighted by atomic mass is 9.98. The van der Waals surface area contributed by atoms with E-state index in [2.05, 4.69) is 5.32 Å². The number of nitrogens with zero attached hydrogens (tertiary/aromatic N) is 3. The van der Waals surface area contributed by atoms with Crippen molar-refractivity contribution in [2.24, 2.45) is 7.05 Å². The van der Waals surface area contributed by atoms with Crippen molar-refractivity contribution in [3.05, 3.63) is 48.3 Å². The van der Waals surface area contributed by atoms with E-state index in [0.29, 0.717) is 30.8 Å². The van der Waals surface area contributed by atoms with Crippen LogP contribution in [0.1, 0.15) is 23.3 Å². The second-order valence-electron chi connectivity index (χ2n) is 7.07. The summed E-state index contributed by atoms with van der Waals surface area (Å²) in [5.74, 6) is -0.381. The normalized spacial score (nSPS) is 21.8. The number of hydrogen-bond acceptors (Lipinski definition) is 4. The van der Waals surface area contributed by atoms with E-state index in [1.54, 1.807) is 33.4 Å². The third-order valence-electron chi connectivity index (χ3n) is 5.37. The summed E-state index contributed by atoms with van der Waals surface area (Å²) in [6.07, 6.45) is 4.83. The number of hydrogen-bond donors (Lipinski definition) is 1. The van der Waals surface area contributed by atoms with Gasteiger partial charge in [0, 0.05) is 30.7 Å². The first kappa shape index (κ1) is 18.6. The number of imide groups is 1. The molecule has 2 aliphatic heterocycles. The summed E-state index contributed by atoms with van der Waals surface area (Å²) in [5.41, 5.74) is 1.17. The minimum Gasteiger partial charge on any atom is -0.348 e. The lowest BCUT2D eigenvalue weighted by molar-refractivity contribution is -0.120. The summed E-state index contributed by atoms with van der Waals surface area (Å²) < 4.78 is 1.76. The Hall–Kier alpha value is -2.74. The third kappa shape index (κ3) is 3.17. The number of carbonyl (C=O) groups excluding carboxylic acids is 3. The Labute approximate surface area is 167 Å². The lowest BCUT2D eigenvalue weighted by Gasteiger charge is -2.32. The van der Waals surface area contributed by atoms with Crippen LogP contribution in [0.5, 0.6) is 0 Å². The van der Waals surface area contributed by atoms with Crippen molar-refractivity contribution >= 4 is 35.3 Å². The topological polar surface area (TPSA) is 74.7 Å². The van der Waals surface area contributed by atoms with E-state index in [-0.39, 0.29) is 23.9 Å². The lowest BCUT2D eigenvalue weighted by Crippen LogP contribution is -2.50. The number of aromatic nitrogens is 1. The third-order valence-corrected chi connectivity index (χ3v) is 6.09. The molecule has 28 heavy (non-hydrogen) atoms. The van der Waals surface area contributed by atoms with Crippen LogP contribution in [0.2, 0.25) is 0 Å². The molecule has 2 atom stereocenters. The molecule has 3 heterocycles. The average Bonchev–Trinajstić information content (AvgIpc) is 3.23. The molecule has 0 bridgehead atoms. The van der Waals surface area contributed by atoms with Gasteiger partial charge in [0.2, 0.25) is 0 Å². The van der Waals surface area contributed by atoms with Gasteiger partial charge < -0.3 is 14.8 Å². The van der Waals surface area contributed by atoms with E-state index in [1.165, 1.54) is 4.90 Å². The minimum atomic E-state index is -0.530. The number of piperidine rings is 1. The van der Waals surface area contributed by atoms with Gasteiger partial charge in [-0.05, 0) is 49.4 Å². The molecular weight excluding hydrogens is 376 g/mol. The van der Waals surface area contributed by atoms with Crippen LogP contribution in [0.25, 0.3) is 0 Å². The van der Waals surface area contributed by atoms with Gasteiger partial charge in [0.1, 0.15) is 11.7 Å². The van der Waals surface area contributed by atoms with E-state index in [1.807, 2.05) is 43.8 Å². The number of anilines is 1. The predicted molar refractivity (Wildman–Crippen MR) is 108 cm³/mol. The Bertz CT molecular complexity index is 941. The fraction of sp³-hybridized carbons (Fsp3) is 0.350. The van der Waals surface area contributed by atoms with Crippen LogP contribution in [0, 0.1) is 0 Å². The monoisotopic (exact) mass is 398 g/mol. The minimum absolute atomic E-state index is 0.141. The Morgan fingerprint density at radius 1 is 1.21 bits per heavy atom. The fourth-order valence-corrected chi connectivity index (χ4v) is 4.33. The number of rotatable bonds is 4. The van der Waals surface area contributed by atoms with Crippen molar-refractivity contribution in [3.8, 4) is 0 Å². The van der Waals surface area contributed by atoms with Crippen molar-refractivity contribution in [3.63, 3.8) is 0 Å². The van der Waals surface area contributed by atoms with Crippen LogP contribution in [0.15, 0.2) is 47.5 Å². The van der Waals surface area contributed by atoms with Crippen molar-refractivity contribution < 1.29 is 14.4 Å². The molecule has 2 fully saturated rings. The first-order valence-electron chi connectivity index (χ1n) is 9.20. The number of nitrogens with one attached hydrogen (secondary N) is 1. The molecule has 1 aromatic heterocycles. The molecule has 7 nitrogen and oxygen atoms in total. The van der Waals surface area contributed by atoms with Gasteiger partial charge in [-0.2, -0.15) is 0 Å². The number of carbonyl (C=O) groups is 3. The summed E-state index contributed by atoms with van der Waals surface area (Å²) in [7, 11) is 1.82. The van der Waals surface area contributed by atoms with Gasteiger partial charge in [-0.15, -0.1) is 11.8 Å². The highest BCUT2D eigenvalue weighted by atomic mass is 32.2. The maximum absolute atomic E-state index is 13.0. The SMILES string of the molecule is CSc1cccc(N2C(=O)C3CC(NC(=O)c4cccn4C)CCN3C2=O)c1. The largest absolute Gasteiger partial charge is 0.348 e. The number of fused-ring (bicyclic) bond motifs is 1. The van der Waals surface area contributed by atoms with Crippen LogP contribution in [-0.4, -0.2) is 52.2 Å². The highest BCUT2D eigenvalue weighted by molar-refractivity contribution is 7.98. The molecule has 2 saturated heterocycles. The van der Waals surface area contributed by atoms with Gasteiger partial charge in [0.25, 0.3) is 11.8 Å².